The summed E-state index contributed by atoms with van der Waals surface area (Å²) in [6.45, 7) is 1.07. The van der Waals surface area contributed by atoms with Gasteiger partial charge in [-0.25, -0.2) is 19.6 Å². The van der Waals surface area contributed by atoms with Crippen LogP contribution in [0.25, 0.3) is 0 Å². The molecule has 3 rings (SSSR count). The van der Waals surface area contributed by atoms with Crippen LogP contribution in [0.5, 0.6) is 0 Å². The van der Waals surface area contributed by atoms with E-state index in [9.17, 15) is 49.7 Å². The summed E-state index contributed by atoms with van der Waals surface area (Å²) in [6.07, 6.45) is 0.486. The van der Waals surface area contributed by atoms with Gasteiger partial charge in [-0.15, -0.1) is 0 Å². The van der Waals surface area contributed by atoms with Gasteiger partial charge in [-0.2, -0.15) is 0 Å². The van der Waals surface area contributed by atoms with Crippen LogP contribution in [0.3, 0.4) is 0 Å². The number of aliphatic carboxylic acids is 2. The molecule has 0 saturated carbocycles. The maximum Gasteiger partial charge on any atom is 0.354 e. The van der Waals surface area contributed by atoms with Crippen molar-refractivity contribution in [1.29, 1.82) is 0 Å². The van der Waals surface area contributed by atoms with Crippen LogP contribution in [0.15, 0.2) is 60.7 Å². The van der Waals surface area contributed by atoms with E-state index in [0.29, 0.717) is 37.4 Å². The van der Waals surface area contributed by atoms with Crippen molar-refractivity contribution in [3.05, 3.63) is 99.1 Å². The molecule has 0 atom stereocenters. The molecule has 0 amide bonds. The quantitative estimate of drug-likeness (QED) is 0.102. The van der Waals surface area contributed by atoms with Gasteiger partial charge in [-0.1, -0.05) is 24.3 Å². The van der Waals surface area contributed by atoms with Gasteiger partial charge in [-0.3, -0.25) is 29.5 Å². The lowest BCUT2D eigenvalue weighted by atomic mass is 10.1. The van der Waals surface area contributed by atoms with E-state index in [-0.39, 0.29) is 56.3 Å². The average molecular weight is 639 g/mol. The highest BCUT2D eigenvalue weighted by atomic mass is 16.6. The summed E-state index contributed by atoms with van der Waals surface area (Å²) < 4.78 is 0. The predicted molar refractivity (Wildman–Crippen MR) is 161 cm³/mol. The fraction of sp³-hybridized carbons (Fsp3) is 0.333. The summed E-state index contributed by atoms with van der Waals surface area (Å²) in [5.74, 6) is -4.59. The molecule has 0 bridgehead atoms. The number of non-ortho nitro benzene ring substituents is 1. The Morgan fingerprint density at radius 2 is 1.07 bits per heavy atom. The molecule has 1 aromatic carbocycles. The van der Waals surface area contributed by atoms with Crippen LogP contribution in [0, 0.1) is 10.1 Å². The van der Waals surface area contributed by atoms with Gasteiger partial charge in [0.05, 0.1) is 29.4 Å². The third-order valence-electron chi connectivity index (χ3n) is 6.87. The van der Waals surface area contributed by atoms with Crippen LogP contribution in [0.1, 0.15) is 37.9 Å². The van der Waals surface area contributed by atoms with Crippen LogP contribution >= 0.6 is 0 Å². The molecule has 16 nitrogen and oxygen atoms in total. The van der Waals surface area contributed by atoms with Crippen molar-refractivity contribution in [2.75, 3.05) is 45.8 Å². The van der Waals surface area contributed by atoms with E-state index in [2.05, 4.69) is 9.97 Å². The van der Waals surface area contributed by atoms with Gasteiger partial charge in [0.2, 0.25) is 0 Å². The van der Waals surface area contributed by atoms with Crippen molar-refractivity contribution in [3.8, 4) is 0 Å². The first-order chi connectivity index (χ1) is 21.9. The van der Waals surface area contributed by atoms with Crippen LogP contribution in [-0.2, 0) is 29.1 Å². The molecule has 2 heterocycles. The first-order valence-electron chi connectivity index (χ1n) is 14.1. The van der Waals surface area contributed by atoms with Crippen LogP contribution < -0.4 is 0 Å². The van der Waals surface area contributed by atoms with Gasteiger partial charge in [-0.05, 0) is 36.2 Å². The molecule has 0 aliphatic heterocycles. The molecule has 46 heavy (non-hydrogen) atoms. The predicted octanol–water partition coefficient (Wildman–Crippen LogP) is 1.80. The van der Waals surface area contributed by atoms with Crippen LogP contribution in [-0.4, -0.2) is 120 Å². The maximum atomic E-state index is 11.6. The SMILES string of the molecule is O=C(O)CN(CCN(CCc1ccc([N+](=O)[O-])cc1)CCN(CC(=O)O)Cc1cccc(C(=O)O)n1)Cc1cccc(C(=O)O)n1. The highest BCUT2D eigenvalue weighted by molar-refractivity contribution is 5.85. The minimum absolute atomic E-state index is 0.0459. The summed E-state index contributed by atoms with van der Waals surface area (Å²) in [4.78, 5) is 69.9. The summed E-state index contributed by atoms with van der Waals surface area (Å²) >= 11 is 0. The summed E-state index contributed by atoms with van der Waals surface area (Å²) in [5.41, 5.74) is 1.20. The molecular weight excluding hydrogens is 604 g/mol. The third kappa shape index (κ3) is 12.0. The van der Waals surface area contributed by atoms with Crippen LogP contribution in [0.2, 0.25) is 0 Å². The topological polar surface area (TPSA) is 228 Å². The van der Waals surface area contributed by atoms with E-state index in [1.54, 1.807) is 34.1 Å². The number of nitro groups is 1. The smallest absolute Gasteiger partial charge is 0.354 e. The second kappa shape index (κ2) is 17.2. The molecule has 4 N–H and O–H groups in total. The van der Waals surface area contributed by atoms with Gasteiger partial charge in [0.1, 0.15) is 11.4 Å². The largest absolute Gasteiger partial charge is 0.480 e. The molecule has 244 valence electrons. The number of nitrogens with zero attached hydrogens (tertiary/aromatic N) is 6. The number of aromatic carboxylic acids is 2. The van der Waals surface area contributed by atoms with E-state index in [1.807, 2.05) is 4.90 Å². The highest BCUT2D eigenvalue weighted by Gasteiger charge is 2.18. The molecule has 0 unspecified atom stereocenters. The van der Waals surface area contributed by atoms with Crippen LogP contribution in [0.4, 0.5) is 5.69 Å². The molecule has 0 aliphatic carbocycles. The van der Waals surface area contributed by atoms with Gasteiger partial charge in [0.25, 0.3) is 5.69 Å². The van der Waals surface area contributed by atoms with Crippen molar-refractivity contribution in [3.63, 3.8) is 0 Å². The van der Waals surface area contributed by atoms with Crippen molar-refractivity contribution in [2.24, 2.45) is 0 Å². The summed E-state index contributed by atoms with van der Waals surface area (Å²) in [6, 6.07) is 15.0. The Balaban J connectivity index is 1.76. The zero-order valence-electron chi connectivity index (χ0n) is 24.8. The van der Waals surface area contributed by atoms with Gasteiger partial charge in [0, 0.05) is 57.9 Å². The molecule has 3 aromatic rings. The summed E-state index contributed by atoms with van der Waals surface area (Å²) in [7, 11) is 0. The first kappa shape index (κ1) is 35.2. The van der Waals surface area contributed by atoms with E-state index in [0.717, 1.165) is 5.56 Å². The average Bonchev–Trinajstić information content (AvgIpc) is 3.00. The highest BCUT2D eigenvalue weighted by Crippen LogP contribution is 2.13. The number of carboxylic acids is 4. The lowest BCUT2D eigenvalue weighted by molar-refractivity contribution is -0.384. The minimum Gasteiger partial charge on any atom is -0.480 e. The number of benzene rings is 1. The molecule has 0 saturated heterocycles. The van der Waals surface area contributed by atoms with E-state index >= 15 is 0 Å². The Labute approximate surface area is 263 Å². The molecule has 0 fully saturated rings. The molecule has 0 aliphatic rings. The van der Waals surface area contributed by atoms with Crippen molar-refractivity contribution >= 4 is 29.6 Å². The third-order valence-corrected chi connectivity index (χ3v) is 6.87. The monoisotopic (exact) mass is 638 g/mol. The lowest BCUT2D eigenvalue weighted by Gasteiger charge is -2.29. The minimum atomic E-state index is -1.21. The molecule has 0 radical (unpaired) electrons. The fourth-order valence-electron chi connectivity index (χ4n) is 4.61. The Hall–Kier alpha value is -5.32. The van der Waals surface area contributed by atoms with E-state index in [4.69, 9.17) is 0 Å². The van der Waals surface area contributed by atoms with Crippen molar-refractivity contribution in [2.45, 2.75) is 19.5 Å². The molecular formula is C30H34N6O10. The second-order valence-corrected chi connectivity index (χ2v) is 10.4. The van der Waals surface area contributed by atoms with Gasteiger partial charge in [0.15, 0.2) is 0 Å². The van der Waals surface area contributed by atoms with Crippen molar-refractivity contribution < 1.29 is 44.5 Å². The number of hydrogen-bond donors (Lipinski definition) is 4. The normalized spacial score (nSPS) is 11.2. The zero-order valence-corrected chi connectivity index (χ0v) is 24.8. The molecule has 16 heteroatoms. The Morgan fingerprint density at radius 3 is 1.46 bits per heavy atom. The molecule has 0 spiro atoms. The number of hydrogen-bond acceptors (Lipinski definition) is 11. The number of pyridine rings is 2. The fourth-order valence-corrected chi connectivity index (χ4v) is 4.61. The number of rotatable bonds is 20. The standard InChI is InChI=1S/C30H34N6O10/c37-27(38)19-34(17-22-3-1-5-25(31-22)29(41)42)15-13-33(12-11-21-7-9-24(10-8-21)36(45)46)14-16-35(20-28(39)40)18-23-4-2-6-26(32-23)30(43)44/h1-10H,11-20H2,(H,37,38)(H,39,40)(H,41,42)(H,43,44). The zero-order chi connectivity index (χ0) is 33.6. The first-order valence-corrected chi connectivity index (χ1v) is 14.1. The van der Waals surface area contributed by atoms with Crippen molar-refractivity contribution in [1.82, 2.24) is 24.7 Å². The number of nitro benzene ring substituents is 1. The van der Waals surface area contributed by atoms with Gasteiger partial charge >= 0.3 is 23.9 Å². The molecule has 2 aromatic heterocycles. The number of carboxylic acid groups (broad SMARTS) is 4. The Morgan fingerprint density at radius 1 is 0.630 bits per heavy atom. The number of aromatic nitrogens is 2. The lowest BCUT2D eigenvalue weighted by Crippen LogP contribution is -2.42. The van der Waals surface area contributed by atoms with E-state index < -0.39 is 28.8 Å². The Kier molecular flexibility index (Phi) is 13.2. The maximum absolute atomic E-state index is 11.6. The number of carbonyl (C=O) groups is 4. The van der Waals surface area contributed by atoms with Gasteiger partial charge < -0.3 is 25.3 Å². The summed E-state index contributed by atoms with van der Waals surface area (Å²) in [5, 5.41) is 48.6. The van der Waals surface area contributed by atoms with E-state index in [1.165, 1.54) is 36.4 Å². The Bertz CT molecular complexity index is 1450. The second-order valence-electron chi connectivity index (χ2n) is 10.4.